The first-order valence-electron chi connectivity index (χ1n) is 9.15. The first-order chi connectivity index (χ1) is 12.8. The predicted octanol–water partition coefficient (Wildman–Crippen LogP) is 2.89. The minimum atomic E-state index is -0.0892. The molecule has 1 aliphatic heterocycles. The normalized spacial score (nSPS) is 16.0. The smallest absolute Gasteiger partial charge is 0.251 e. The molecular formula is C21H26N2O3. The molecule has 0 unspecified atom stereocenters. The van der Waals surface area contributed by atoms with E-state index < -0.39 is 0 Å². The van der Waals surface area contributed by atoms with Gasteiger partial charge in [-0.15, -0.1) is 0 Å². The highest BCUT2D eigenvalue weighted by molar-refractivity contribution is 5.94. The summed E-state index contributed by atoms with van der Waals surface area (Å²) in [6.07, 6.45) is 0. The van der Waals surface area contributed by atoms with Gasteiger partial charge >= 0.3 is 0 Å². The lowest BCUT2D eigenvalue weighted by Gasteiger charge is -2.31. The largest absolute Gasteiger partial charge is 0.494 e. The Balaban J connectivity index is 1.74. The zero-order valence-corrected chi connectivity index (χ0v) is 15.2. The van der Waals surface area contributed by atoms with Crippen LogP contribution in [-0.2, 0) is 4.74 Å². The van der Waals surface area contributed by atoms with Crippen molar-refractivity contribution in [1.29, 1.82) is 0 Å². The third-order valence-corrected chi connectivity index (χ3v) is 4.46. The van der Waals surface area contributed by atoms with Crippen molar-refractivity contribution in [3.63, 3.8) is 0 Å². The number of ether oxygens (including phenoxy) is 2. The minimum absolute atomic E-state index is 0.0717. The van der Waals surface area contributed by atoms with Crippen LogP contribution in [0.15, 0.2) is 54.6 Å². The van der Waals surface area contributed by atoms with Crippen molar-refractivity contribution in [2.75, 3.05) is 39.5 Å². The molecule has 1 amide bonds. The van der Waals surface area contributed by atoms with E-state index in [1.165, 1.54) is 0 Å². The van der Waals surface area contributed by atoms with Crippen molar-refractivity contribution >= 4 is 5.91 Å². The maximum Gasteiger partial charge on any atom is 0.251 e. The zero-order chi connectivity index (χ0) is 18.2. The number of benzene rings is 2. The molecular weight excluding hydrogens is 328 g/mol. The molecule has 1 saturated heterocycles. The molecule has 0 spiro atoms. The number of nitrogens with one attached hydrogen (secondary N) is 1. The SMILES string of the molecule is CCOc1cccc(C(=O)N[C@H](CN2CCOCC2)c2ccccc2)c1. The van der Waals surface area contributed by atoms with Crippen LogP contribution in [-0.4, -0.2) is 50.3 Å². The summed E-state index contributed by atoms with van der Waals surface area (Å²) in [6, 6.07) is 17.4. The molecule has 0 bridgehead atoms. The fourth-order valence-corrected chi connectivity index (χ4v) is 3.10. The lowest BCUT2D eigenvalue weighted by Crippen LogP contribution is -2.43. The van der Waals surface area contributed by atoms with E-state index in [2.05, 4.69) is 22.3 Å². The van der Waals surface area contributed by atoms with Gasteiger partial charge in [0.25, 0.3) is 5.91 Å². The first-order valence-corrected chi connectivity index (χ1v) is 9.15. The molecule has 138 valence electrons. The van der Waals surface area contributed by atoms with Gasteiger partial charge < -0.3 is 14.8 Å². The van der Waals surface area contributed by atoms with Crippen LogP contribution in [0.4, 0.5) is 0 Å². The number of hydrogen-bond donors (Lipinski definition) is 1. The van der Waals surface area contributed by atoms with Crippen LogP contribution < -0.4 is 10.1 Å². The standard InChI is InChI=1S/C21H26N2O3/c1-2-26-19-10-6-9-18(15-19)21(24)22-20(17-7-4-3-5-8-17)16-23-11-13-25-14-12-23/h3-10,15,20H,2,11-14,16H2,1H3,(H,22,24)/t20-/m1/s1. The Labute approximate surface area is 154 Å². The number of nitrogens with zero attached hydrogens (tertiary/aromatic N) is 1. The lowest BCUT2D eigenvalue weighted by molar-refractivity contribution is 0.0332. The van der Waals surface area contributed by atoms with Gasteiger partial charge in [0.15, 0.2) is 0 Å². The number of rotatable bonds is 7. The number of hydrogen-bond acceptors (Lipinski definition) is 4. The maximum absolute atomic E-state index is 12.8. The van der Waals surface area contributed by atoms with E-state index >= 15 is 0 Å². The van der Waals surface area contributed by atoms with Crippen molar-refractivity contribution < 1.29 is 14.3 Å². The van der Waals surface area contributed by atoms with Gasteiger partial charge in [-0.3, -0.25) is 9.69 Å². The summed E-state index contributed by atoms with van der Waals surface area (Å²) in [4.78, 5) is 15.1. The summed E-state index contributed by atoms with van der Waals surface area (Å²) in [5.74, 6) is 0.623. The Morgan fingerprint density at radius 2 is 1.92 bits per heavy atom. The summed E-state index contributed by atoms with van der Waals surface area (Å²) < 4.78 is 10.9. The zero-order valence-electron chi connectivity index (χ0n) is 15.2. The third-order valence-electron chi connectivity index (χ3n) is 4.46. The molecule has 1 N–H and O–H groups in total. The number of amides is 1. The average Bonchev–Trinajstić information content (AvgIpc) is 2.69. The summed E-state index contributed by atoms with van der Waals surface area (Å²) in [7, 11) is 0. The van der Waals surface area contributed by atoms with E-state index in [0.717, 1.165) is 38.4 Å². The van der Waals surface area contributed by atoms with E-state index in [1.54, 1.807) is 6.07 Å². The van der Waals surface area contributed by atoms with Gasteiger partial charge in [-0.2, -0.15) is 0 Å². The fraction of sp³-hybridized carbons (Fsp3) is 0.381. The number of carbonyl (C=O) groups is 1. The summed E-state index contributed by atoms with van der Waals surface area (Å²) in [5.41, 5.74) is 1.71. The van der Waals surface area contributed by atoms with E-state index in [1.807, 2.05) is 43.3 Å². The molecule has 1 atom stereocenters. The molecule has 0 saturated carbocycles. The van der Waals surface area contributed by atoms with Gasteiger partial charge in [0.2, 0.25) is 0 Å². The maximum atomic E-state index is 12.8. The van der Waals surface area contributed by atoms with E-state index in [9.17, 15) is 4.79 Å². The Bertz CT molecular complexity index is 699. The Morgan fingerprint density at radius 1 is 1.15 bits per heavy atom. The van der Waals surface area contributed by atoms with Gasteiger partial charge in [0, 0.05) is 25.2 Å². The van der Waals surface area contributed by atoms with Crippen LogP contribution in [0, 0.1) is 0 Å². The van der Waals surface area contributed by atoms with Crippen LogP contribution in [0.25, 0.3) is 0 Å². The van der Waals surface area contributed by atoms with Crippen LogP contribution >= 0.6 is 0 Å². The number of morpholine rings is 1. The quantitative estimate of drug-likeness (QED) is 0.831. The molecule has 1 heterocycles. The molecule has 3 rings (SSSR count). The number of carbonyl (C=O) groups excluding carboxylic acids is 1. The van der Waals surface area contributed by atoms with Gasteiger partial charge in [0.05, 0.1) is 25.9 Å². The molecule has 2 aromatic rings. The second kappa shape index (κ2) is 9.36. The average molecular weight is 354 g/mol. The molecule has 2 aromatic carbocycles. The second-order valence-corrected chi connectivity index (χ2v) is 6.31. The van der Waals surface area contributed by atoms with E-state index in [4.69, 9.17) is 9.47 Å². The van der Waals surface area contributed by atoms with Crippen LogP contribution in [0.2, 0.25) is 0 Å². The molecule has 5 nitrogen and oxygen atoms in total. The Kier molecular flexibility index (Phi) is 6.63. The molecule has 5 heteroatoms. The Hall–Kier alpha value is -2.37. The highest BCUT2D eigenvalue weighted by Crippen LogP contribution is 2.18. The van der Waals surface area contributed by atoms with Crippen molar-refractivity contribution in [1.82, 2.24) is 10.2 Å². The molecule has 1 aliphatic rings. The predicted molar refractivity (Wildman–Crippen MR) is 102 cm³/mol. The molecule has 0 aromatic heterocycles. The molecule has 0 radical (unpaired) electrons. The summed E-state index contributed by atoms with van der Waals surface area (Å²) in [5, 5.41) is 3.19. The van der Waals surface area contributed by atoms with E-state index in [-0.39, 0.29) is 11.9 Å². The lowest BCUT2D eigenvalue weighted by atomic mass is 10.1. The van der Waals surface area contributed by atoms with Crippen molar-refractivity contribution in [3.8, 4) is 5.75 Å². The second-order valence-electron chi connectivity index (χ2n) is 6.31. The van der Waals surface area contributed by atoms with Crippen molar-refractivity contribution in [2.45, 2.75) is 13.0 Å². The highest BCUT2D eigenvalue weighted by atomic mass is 16.5. The van der Waals surface area contributed by atoms with Gasteiger partial charge in [-0.1, -0.05) is 36.4 Å². The summed E-state index contributed by atoms with van der Waals surface area (Å²) >= 11 is 0. The molecule has 26 heavy (non-hydrogen) atoms. The monoisotopic (exact) mass is 354 g/mol. The fourth-order valence-electron chi connectivity index (χ4n) is 3.10. The highest BCUT2D eigenvalue weighted by Gasteiger charge is 2.20. The molecule has 1 fully saturated rings. The van der Waals surface area contributed by atoms with Gasteiger partial charge in [0.1, 0.15) is 5.75 Å². The third kappa shape index (κ3) is 5.07. The first kappa shape index (κ1) is 18.4. The van der Waals surface area contributed by atoms with Crippen molar-refractivity contribution in [3.05, 3.63) is 65.7 Å². The Morgan fingerprint density at radius 3 is 2.65 bits per heavy atom. The van der Waals surface area contributed by atoms with Crippen molar-refractivity contribution in [2.24, 2.45) is 0 Å². The van der Waals surface area contributed by atoms with Gasteiger partial charge in [-0.05, 0) is 30.7 Å². The van der Waals surface area contributed by atoms with E-state index in [0.29, 0.717) is 17.9 Å². The van der Waals surface area contributed by atoms with Gasteiger partial charge in [-0.25, -0.2) is 0 Å². The van der Waals surface area contributed by atoms with Crippen LogP contribution in [0.1, 0.15) is 28.9 Å². The molecule has 0 aliphatic carbocycles. The van der Waals surface area contributed by atoms with Crippen LogP contribution in [0.3, 0.4) is 0 Å². The topological polar surface area (TPSA) is 50.8 Å². The minimum Gasteiger partial charge on any atom is -0.494 e. The van der Waals surface area contributed by atoms with Crippen LogP contribution in [0.5, 0.6) is 5.75 Å². The summed E-state index contributed by atoms with van der Waals surface area (Å²) in [6.45, 7) is 6.54.